The number of nitrogen functional groups attached to an aromatic ring is 1. The van der Waals surface area contributed by atoms with Crippen molar-refractivity contribution in [3.05, 3.63) is 41.9 Å². The maximum absolute atomic E-state index is 14.1. The molecule has 1 amide bonds. The number of carbonyl (C=O) groups is 1. The van der Waals surface area contributed by atoms with E-state index in [1.165, 1.54) is 0 Å². The van der Waals surface area contributed by atoms with E-state index in [2.05, 4.69) is 20.5 Å². The number of benzene rings is 1. The lowest BCUT2D eigenvalue weighted by molar-refractivity contribution is -0.126. The number of fused-ring (bicyclic) bond motifs is 1. The first-order valence-corrected chi connectivity index (χ1v) is 9.07. The quantitative estimate of drug-likeness (QED) is 0.341. The molecule has 1 aromatic carbocycles. The van der Waals surface area contributed by atoms with Crippen molar-refractivity contribution in [2.45, 2.75) is 18.9 Å². The van der Waals surface area contributed by atoms with E-state index in [1.54, 1.807) is 17.9 Å². The van der Waals surface area contributed by atoms with Gasteiger partial charge in [-0.1, -0.05) is 0 Å². The molecule has 11 heteroatoms. The summed E-state index contributed by atoms with van der Waals surface area (Å²) >= 11 is 0. The van der Waals surface area contributed by atoms with E-state index in [4.69, 9.17) is 11.6 Å². The fourth-order valence-electron chi connectivity index (χ4n) is 3.95. The number of piperidine rings is 1. The minimum Gasteiger partial charge on any atom is -0.368 e. The van der Waals surface area contributed by atoms with Gasteiger partial charge >= 0.3 is 0 Å². The van der Waals surface area contributed by atoms with E-state index in [9.17, 15) is 13.6 Å². The minimum atomic E-state index is -1.04. The molecule has 2 aromatic heterocycles. The summed E-state index contributed by atoms with van der Waals surface area (Å²) in [7, 11) is 1.78. The second kappa shape index (κ2) is 7.24. The van der Waals surface area contributed by atoms with Crippen LogP contribution in [0.4, 0.5) is 20.4 Å². The second-order valence-corrected chi connectivity index (χ2v) is 7.02. The molecule has 0 radical (unpaired) electrons. The van der Waals surface area contributed by atoms with Crippen LogP contribution in [0.25, 0.3) is 10.9 Å². The molecule has 4 rings (SSSR count). The fraction of sp³-hybridized carbons (Fsp3) is 0.333. The van der Waals surface area contributed by atoms with Crippen molar-refractivity contribution in [3.8, 4) is 0 Å². The molecule has 2 atom stereocenters. The van der Waals surface area contributed by atoms with Crippen LogP contribution in [0.5, 0.6) is 0 Å². The first-order chi connectivity index (χ1) is 13.9. The highest BCUT2D eigenvalue weighted by molar-refractivity contribution is 5.86. The summed E-state index contributed by atoms with van der Waals surface area (Å²) < 4.78 is 29.5. The van der Waals surface area contributed by atoms with Gasteiger partial charge in [-0.15, -0.1) is 0 Å². The lowest BCUT2D eigenvalue weighted by Crippen LogP contribution is -2.47. The van der Waals surface area contributed by atoms with Gasteiger partial charge < -0.3 is 10.6 Å². The van der Waals surface area contributed by atoms with Gasteiger partial charge in [-0.3, -0.25) is 14.9 Å². The Morgan fingerprint density at radius 1 is 1.28 bits per heavy atom. The van der Waals surface area contributed by atoms with Gasteiger partial charge in [0.05, 0.1) is 35.1 Å². The first kappa shape index (κ1) is 19.0. The fourth-order valence-corrected chi connectivity index (χ4v) is 3.95. The van der Waals surface area contributed by atoms with Crippen LogP contribution in [-0.4, -0.2) is 32.2 Å². The zero-order chi connectivity index (χ0) is 20.7. The monoisotopic (exact) mass is 402 g/mol. The molecule has 1 saturated heterocycles. The third-order valence-corrected chi connectivity index (χ3v) is 5.20. The molecule has 3 heterocycles. The van der Waals surface area contributed by atoms with Crippen LogP contribution >= 0.6 is 0 Å². The minimum absolute atomic E-state index is 0.0953. The summed E-state index contributed by atoms with van der Waals surface area (Å²) in [6, 6.07) is 1.39. The normalized spacial score (nSPS) is 19.5. The number of nitrogens with two attached hydrogens (primary N) is 2. The molecule has 0 saturated carbocycles. The van der Waals surface area contributed by atoms with E-state index in [0.29, 0.717) is 18.7 Å². The average molecular weight is 402 g/mol. The number of hydrogen-bond acceptors (Lipinski definition) is 7. The van der Waals surface area contributed by atoms with Gasteiger partial charge in [0, 0.05) is 31.2 Å². The number of halogens is 2. The SMILES string of the molecule is Cn1cc(N2CCCC(C(=O)NN)C2c2nc(N)nc3cc(F)c(F)cc23)cn1. The van der Waals surface area contributed by atoms with Crippen molar-refractivity contribution in [2.75, 3.05) is 17.2 Å². The smallest absolute Gasteiger partial charge is 0.239 e. The third kappa shape index (κ3) is 3.33. The maximum Gasteiger partial charge on any atom is 0.239 e. The topological polar surface area (TPSA) is 128 Å². The molecular weight excluding hydrogens is 382 g/mol. The Morgan fingerprint density at radius 3 is 2.72 bits per heavy atom. The number of amides is 1. The lowest BCUT2D eigenvalue weighted by Gasteiger charge is -2.41. The summed E-state index contributed by atoms with van der Waals surface area (Å²) in [6.07, 6.45) is 4.75. The summed E-state index contributed by atoms with van der Waals surface area (Å²) in [5, 5.41) is 4.48. The largest absolute Gasteiger partial charge is 0.368 e. The average Bonchev–Trinajstić information content (AvgIpc) is 3.13. The lowest BCUT2D eigenvalue weighted by atomic mass is 9.84. The van der Waals surface area contributed by atoms with Gasteiger partial charge in [0.15, 0.2) is 11.6 Å². The maximum atomic E-state index is 14.1. The van der Waals surface area contributed by atoms with Crippen molar-refractivity contribution in [2.24, 2.45) is 18.8 Å². The summed E-state index contributed by atoms with van der Waals surface area (Å²) in [5.41, 5.74) is 9.33. The Labute approximate surface area is 164 Å². The second-order valence-electron chi connectivity index (χ2n) is 7.02. The zero-order valence-electron chi connectivity index (χ0n) is 15.6. The van der Waals surface area contributed by atoms with Crippen molar-refractivity contribution >= 4 is 28.4 Å². The van der Waals surface area contributed by atoms with Crippen molar-refractivity contribution < 1.29 is 13.6 Å². The molecule has 1 aliphatic heterocycles. The number of hydrogen-bond donors (Lipinski definition) is 3. The van der Waals surface area contributed by atoms with E-state index in [0.717, 1.165) is 24.2 Å². The standard InChI is InChI=1S/C18H20F2N8O/c1-27-8-9(7-23-27)28-4-2-3-10(17(29)26-22)16(28)15-11-5-12(19)13(20)6-14(11)24-18(21)25-15/h5-8,10,16H,2-4,22H2,1H3,(H,26,29)(H2,21,24,25). The molecule has 9 nitrogen and oxygen atoms in total. The number of carbonyl (C=O) groups excluding carboxylic acids is 1. The van der Waals surface area contributed by atoms with E-state index in [1.807, 2.05) is 11.1 Å². The van der Waals surface area contributed by atoms with Crippen LogP contribution in [0.2, 0.25) is 0 Å². The first-order valence-electron chi connectivity index (χ1n) is 9.07. The molecule has 2 unspecified atom stereocenters. The Kier molecular flexibility index (Phi) is 4.74. The molecule has 29 heavy (non-hydrogen) atoms. The van der Waals surface area contributed by atoms with Crippen LogP contribution in [0, 0.1) is 17.6 Å². The Morgan fingerprint density at radius 2 is 2.03 bits per heavy atom. The molecule has 0 aliphatic carbocycles. The van der Waals surface area contributed by atoms with Gasteiger partial charge in [0.1, 0.15) is 0 Å². The molecule has 0 spiro atoms. The molecule has 1 aliphatic rings. The molecule has 5 N–H and O–H groups in total. The zero-order valence-corrected chi connectivity index (χ0v) is 15.6. The number of aryl methyl sites for hydroxylation is 1. The van der Waals surface area contributed by atoms with E-state index < -0.39 is 23.6 Å². The van der Waals surface area contributed by atoms with E-state index in [-0.39, 0.29) is 22.8 Å². The number of nitrogens with one attached hydrogen (secondary N) is 1. The Hall–Kier alpha value is -3.34. The van der Waals surface area contributed by atoms with Gasteiger partial charge in [0.25, 0.3) is 0 Å². The number of aromatic nitrogens is 4. The van der Waals surface area contributed by atoms with Crippen molar-refractivity contribution in [1.82, 2.24) is 25.2 Å². The molecule has 0 bridgehead atoms. The van der Waals surface area contributed by atoms with Crippen LogP contribution in [0.3, 0.4) is 0 Å². The summed E-state index contributed by atoms with van der Waals surface area (Å²) in [6.45, 7) is 0.611. The third-order valence-electron chi connectivity index (χ3n) is 5.20. The molecule has 3 aromatic rings. The number of hydrazine groups is 1. The van der Waals surface area contributed by atoms with Crippen LogP contribution in [0.15, 0.2) is 24.5 Å². The highest BCUT2D eigenvalue weighted by Gasteiger charge is 2.39. The van der Waals surface area contributed by atoms with Crippen LogP contribution < -0.4 is 21.9 Å². The van der Waals surface area contributed by atoms with Gasteiger partial charge in [-0.25, -0.2) is 24.6 Å². The van der Waals surface area contributed by atoms with E-state index >= 15 is 0 Å². The van der Waals surface area contributed by atoms with Crippen LogP contribution in [-0.2, 0) is 11.8 Å². The summed E-state index contributed by atoms with van der Waals surface area (Å²) in [4.78, 5) is 22.9. The van der Waals surface area contributed by atoms with Gasteiger partial charge in [0.2, 0.25) is 11.9 Å². The van der Waals surface area contributed by atoms with Gasteiger partial charge in [-0.2, -0.15) is 5.10 Å². The molecule has 1 fully saturated rings. The van der Waals surface area contributed by atoms with Crippen molar-refractivity contribution in [3.63, 3.8) is 0 Å². The van der Waals surface area contributed by atoms with Crippen LogP contribution in [0.1, 0.15) is 24.6 Å². The van der Waals surface area contributed by atoms with Gasteiger partial charge in [-0.05, 0) is 18.9 Å². The highest BCUT2D eigenvalue weighted by atomic mass is 19.2. The number of anilines is 2. The Balaban J connectivity index is 1.95. The predicted molar refractivity (Wildman–Crippen MR) is 102 cm³/mol. The molecule has 152 valence electrons. The number of rotatable bonds is 3. The Bertz CT molecular complexity index is 1090. The highest BCUT2D eigenvalue weighted by Crippen LogP contribution is 2.41. The number of nitrogens with zero attached hydrogens (tertiary/aromatic N) is 5. The molecular formula is C18H20F2N8O. The van der Waals surface area contributed by atoms with Crippen molar-refractivity contribution in [1.29, 1.82) is 0 Å². The predicted octanol–water partition coefficient (Wildman–Crippen LogP) is 1.17. The summed E-state index contributed by atoms with van der Waals surface area (Å²) in [5.74, 6) is 2.29.